The van der Waals surface area contributed by atoms with Gasteiger partial charge in [-0.25, -0.2) is 4.90 Å². The fourth-order valence-corrected chi connectivity index (χ4v) is 5.21. The molecule has 1 aromatic rings. The molecule has 6 atom stereocenters. The van der Waals surface area contributed by atoms with Gasteiger partial charge in [-0.3, -0.25) is 9.59 Å². The number of allylic oxidation sites excluding steroid dienone is 2. The molecule has 0 spiro atoms. The van der Waals surface area contributed by atoms with Crippen LogP contribution in [0.2, 0.25) is 0 Å². The number of hydrogen-bond donors (Lipinski definition) is 0. The molecule has 21 heavy (non-hydrogen) atoms. The highest BCUT2D eigenvalue weighted by Crippen LogP contribution is 2.65. The van der Waals surface area contributed by atoms with E-state index in [2.05, 4.69) is 28.1 Å². The minimum Gasteiger partial charge on any atom is -0.274 e. The minimum atomic E-state index is -0.116. The Morgan fingerprint density at radius 3 is 2.19 bits per heavy atom. The number of rotatable bonds is 1. The van der Waals surface area contributed by atoms with Crippen LogP contribution in [0.5, 0.6) is 0 Å². The molecule has 1 aliphatic heterocycles. The van der Waals surface area contributed by atoms with Crippen molar-refractivity contribution in [2.45, 2.75) is 6.42 Å². The first-order valence-electron chi connectivity index (χ1n) is 7.48. The van der Waals surface area contributed by atoms with Crippen molar-refractivity contribution < 1.29 is 9.59 Å². The lowest BCUT2D eigenvalue weighted by atomic mass is 9.63. The van der Waals surface area contributed by atoms with Crippen molar-refractivity contribution >= 4 is 33.4 Å². The summed E-state index contributed by atoms with van der Waals surface area (Å²) in [4.78, 5) is 27.2. The van der Waals surface area contributed by atoms with Crippen LogP contribution in [-0.2, 0) is 9.59 Å². The summed E-state index contributed by atoms with van der Waals surface area (Å²) in [6, 6.07) is 7.46. The number of carbonyl (C=O) groups is 2. The van der Waals surface area contributed by atoms with Crippen molar-refractivity contribution in [3.8, 4) is 0 Å². The molecular weight excluding hydrogens is 330 g/mol. The zero-order chi connectivity index (χ0) is 14.3. The van der Waals surface area contributed by atoms with Crippen LogP contribution in [0.15, 0.2) is 40.9 Å². The molecule has 3 nitrogen and oxygen atoms in total. The van der Waals surface area contributed by atoms with E-state index in [0.29, 0.717) is 29.4 Å². The molecule has 2 bridgehead atoms. The highest BCUT2D eigenvalue weighted by molar-refractivity contribution is 9.10. The molecule has 6 rings (SSSR count). The molecule has 3 fully saturated rings. The number of amides is 2. The van der Waals surface area contributed by atoms with Gasteiger partial charge in [0.1, 0.15) is 0 Å². The maximum Gasteiger partial charge on any atom is 0.238 e. The van der Waals surface area contributed by atoms with Crippen LogP contribution in [0.3, 0.4) is 0 Å². The van der Waals surface area contributed by atoms with E-state index >= 15 is 0 Å². The van der Waals surface area contributed by atoms with Gasteiger partial charge in [0.15, 0.2) is 0 Å². The third kappa shape index (κ3) is 1.44. The lowest BCUT2D eigenvalue weighted by Crippen LogP contribution is -2.40. The molecule has 2 saturated carbocycles. The Hall–Kier alpha value is -1.42. The number of carbonyl (C=O) groups excluding carboxylic acids is 2. The first-order chi connectivity index (χ1) is 10.2. The van der Waals surface area contributed by atoms with Gasteiger partial charge in [-0.1, -0.05) is 34.1 Å². The monoisotopic (exact) mass is 343 g/mol. The minimum absolute atomic E-state index is 0.00722. The Balaban J connectivity index is 1.60. The molecule has 0 radical (unpaired) electrons. The summed E-state index contributed by atoms with van der Waals surface area (Å²) in [5.41, 5.74) is 0.696. The van der Waals surface area contributed by atoms with E-state index in [4.69, 9.17) is 0 Å². The highest BCUT2D eigenvalue weighted by atomic mass is 79.9. The van der Waals surface area contributed by atoms with Gasteiger partial charge in [0.25, 0.3) is 0 Å². The Morgan fingerprint density at radius 2 is 1.62 bits per heavy atom. The Bertz CT molecular complexity index is 676. The molecule has 0 aromatic heterocycles. The topological polar surface area (TPSA) is 37.4 Å². The smallest absolute Gasteiger partial charge is 0.238 e. The van der Waals surface area contributed by atoms with Crippen LogP contribution >= 0.6 is 15.9 Å². The molecule has 1 saturated heterocycles. The van der Waals surface area contributed by atoms with E-state index in [1.54, 1.807) is 0 Å². The second-order valence-electron chi connectivity index (χ2n) is 6.65. The average molecular weight is 344 g/mol. The standard InChI is InChI=1S/C17H14BrNO2/c18-8-2-1-3-9(6-8)19-16(20)14-10-4-5-11(13-7-12(10)13)15(14)17(19)21/h1-6,10-15H,7H2/t10-,11-,12-,13+,14+,15+/m0/s1. The number of hydrogen-bond acceptors (Lipinski definition) is 2. The van der Waals surface area contributed by atoms with E-state index in [1.807, 2.05) is 24.3 Å². The van der Waals surface area contributed by atoms with Crippen LogP contribution < -0.4 is 4.90 Å². The summed E-state index contributed by atoms with van der Waals surface area (Å²) < 4.78 is 0.888. The maximum absolute atomic E-state index is 12.9. The number of nitrogens with zero attached hydrogens (tertiary/aromatic N) is 1. The van der Waals surface area contributed by atoms with Crippen molar-refractivity contribution in [3.05, 3.63) is 40.9 Å². The molecule has 0 unspecified atom stereocenters. The van der Waals surface area contributed by atoms with E-state index < -0.39 is 0 Å². The average Bonchev–Trinajstić information content (AvgIpc) is 3.24. The van der Waals surface area contributed by atoms with E-state index in [0.717, 1.165) is 4.47 Å². The van der Waals surface area contributed by atoms with Crippen molar-refractivity contribution in [1.29, 1.82) is 0 Å². The van der Waals surface area contributed by atoms with E-state index in [1.165, 1.54) is 11.3 Å². The molecule has 1 aromatic carbocycles. The SMILES string of the molecule is O=C1[C@@H]2[C@H]3C=C[C@@H]([C@@H]4C[C@H]34)[C@H]2C(=O)N1c1cccc(Br)c1. The van der Waals surface area contributed by atoms with Gasteiger partial charge in [-0.15, -0.1) is 0 Å². The molecular formula is C17H14BrNO2. The molecule has 4 aliphatic carbocycles. The fraction of sp³-hybridized carbons (Fsp3) is 0.412. The summed E-state index contributed by atoms with van der Waals surface area (Å²) in [5, 5.41) is 0. The third-order valence-electron chi connectivity index (χ3n) is 5.73. The molecule has 0 N–H and O–H groups in total. The lowest BCUT2D eigenvalue weighted by molar-refractivity contribution is -0.124. The summed E-state index contributed by atoms with van der Waals surface area (Å²) in [6.45, 7) is 0. The quantitative estimate of drug-likeness (QED) is 0.580. The zero-order valence-electron chi connectivity index (χ0n) is 11.3. The Labute approximate surface area is 131 Å². The van der Waals surface area contributed by atoms with E-state index in [9.17, 15) is 9.59 Å². The fourth-order valence-electron chi connectivity index (χ4n) is 4.83. The van der Waals surface area contributed by atoms with E-state index in [-0.39, 0.29) is 23.7 Å². The van der Waals surface area contributed by atoms with Gasteiger partial charge in [-0.05, 0) is 48.3 Å². The van der Waals surface area contributed by atoms with Crippen molar-refractivity contribution in [1.82, 2.24) is 0 Å². The van der Waals surface area contributed by atoms with Crippen LogP contribution in [-0.4, -0.2) is 11.8 Å². The normalized spacial score (nSPS) is 42.2. The summed E-state index contributed by atoms with van der Waals surface area (Å²) in [5.74, 6) is 1.67. The summed E-state index contributed by atoms with van der Waals surface area (Å²) in [7, 11) is 0. The van der Waals surface area contributed by atoms with Gasteiger partial charge in [-0.2, -0.15) is 0 Å². The highest BCUT2D eigenvalue weighted by Gasteiger charge is 2.67. The largest absolute Gasteiger partial charge is 0.274 e. The molecule has 4 heteroatoms. The third-order valence-corrected chi connectivity index (χ3v) is 6.22. The van der Waals surface area contributed by atoms with Gasteiger partial charge < -0.3 is 0 Å². The summed E-state index contributed by atoms with van der Waals surface area (Å²) in [6.07, 6.45) is 5.61. The molecule has 5 aliphatic rings. The number of imide groups is 1. The van der Waals surface area contributed by atoms with Crippen molar-refractivity contribution in [2.75, 3.05) is 4.90 Å². The molecule has 2 amide bonds. The van der Waals surface area contributed by atoms with Gasteiger partial charge in [0.05, 0.1) is 17.5 Å². The number of anilines is 1. The first kappa shape index (κ1) is 12.2. The Morgan fingerprint density at radius 1 is 1.00 bits per heavy atom. The first-order valence-corrected chi connectivity index (χ1v) is 8.28. The van der Waals surface area contributed by atoms with Gasteiger partial charge in [0, 0.05) is 4.47 Å². The summed E-state index contributed by atoms with van der Waals surface area (Å²) >= 11 is 3.42. The maximum atomic E-state index is 12.9. The Kier molecular flexibility index (Phi) is 2.23. The zero-order valence-corrected chi connectivity index (χ0v) is 12.9. The van der Waals surface area contributed by atoms with Gasteiger partial charge >= 0.3 is 0 Å². The van der Waals surface area contributed by atoms with Crippen LogP contribution in [0.4, 0.5) is 5.69 Å². The van der Waals surface area contributed by atoms with Crippen molar-refractivity contribution in [3.63, 3.8) is 0 Å². The van der Waals surface area contributed by atoms with Crippen LogP contribution in [0.25, 0.3) is 0 Å². The molecule has 106 valence electrons. The lowest BCUT2D eigenvalue weighted by Gasteiger charge is -2.37. The van der Waals surface area contributed by atoms with Crippen LogP contribution in [0, 0.1) is 35.5 Å². The number of benzene rings is 1. The second-order valence-corrected chi connectivity index (χ2v) is 7.56. The second kappa shape index (κ2) is 3.86. The predicted molar refractivity (Wildman–Crippen MR) is 81.3 cm³/mol. The van der Waals surface area contributed by atoms with Gasteiger partial charge in [0.2, 0.25) is 11.8 Å². The molecule has 1 heterocycles. The van der Waals surface area contributed by atoms with Crippen LogP contribution in [0.1, 0.15) is 6.42 Å². The predicted octanol–water partition coefficient (Wildman–Crippen LogP) is 3.01. The van der Waals surface area contributed by atoms with Crippen molar-refractivity contribution in [2.24, 2.45) is 35.5 Å². The number of halogens is 1.